The first-order valence-electron chi connectivity index (χ1n) is 8.04. The first-order valence-corrected chi connectivity index (χ1v) is 8.04. The number of fused-ring (bicyclic) bond motifs is 4. The van der Waals surface area contributed by atoms with Gasteiger partial charge in [-0.15, -0.1) is 0 Å². The maximum atomic E-state index is 4.88. The highest BCUT2D eigenvalue weighted by Gasteiger charge is 2.12. The Morgan fingerprint density at radius 2 is 1.58 bits per heavy atom. The fourth-order valence-electron chi connectivity index (χ4n) is 3.33. The summed E-state index contributed by atoms with van der Waals surface area (Å²) in [5.74, 6) is 0. The number of aryl methyl sites for hydroxylation is 1. The molecule has 0 radical (unpaired) electrons. The zero-order valence-electron chi connectivity index (χ0n) is 13.3. The van der Waals surface area contributed by atoms with E-state index in [0.29, 0.717) is 0 Å². The molecule has 0 atom stereocenters. The molecule has 3 heteroatoms. The molecule has 3 aromatic heterocycles. The topological polar surface area (TPSA) is 30.2 Å². The summed E-state index contributed by atoms with van der Waals surface area (Å²) < 4.78 is 2.03. The predicted molar refractivity (Wildman–Crippen MR) is 98.2 cm³/mol. The number of pyridine rings is 2. The Bertz CT molecular complexity index is 1200. The lowest BCUT2D eigenvalue weighted by atomic mass is 10.1. The fraction of sp³-hybridized carbons (Fsp3) is 0.0476. The van der Waals surface area contributed by atoms with E-state index in [1.807, 2.05) is 29.6 Å². The second-order valence-corrected chi connectivity index (χ2v) is 6.09. The Morgan fingerprint density at radius 3 is 2.46 bits per heavy atom. The quantitative estimate of drug-likeness (QED) is 0.407. The first kappa shape index (κ1) is 13.3. The van der Waals surface area contributed by atoms with Crippen molar-refractivity contribution in [3.63, 3.8) is 0 Å². The van der Waals surface area contributed by atoms with E-state index in [-0.39, 0.29) is 0 Å². The van der Waals surface area contributed by atoms with E-state index in [1.54, 1.807) is 0 Å². The number of aromatic nitrogens is 3. The maximum Gasteiger partial charge on any atom is 0.0765 e. The van der Waals surface area contributed by atoms with Crippen molar-refractivity contribution >= 4 is 27.3 Å². The molecule has 3 heterocycles. The number of hydrogen-bond donors (Lipinski definition) is 0. The van der Waals surface area contributed by atoms with Crippen LogP contribution in [-0.2, 0) is 0 Å². The zero-order valence-corrected chi connectivity index (χ0v) is 13.3. The number of rotatable bonds is 1. The van der Waals surface area contributed by atoms with E-state index in [9.17, 15) is 0 Å². The second-order valence-electron chi connectivity index (χ2n) is 6.09. The maximum absolute atomic E-state index is 4.88. The molecular formula is C21H15N3. The minimum absolute atomic E-state index is 1.000. The number of nitrogens with zero attached hydrogens (tertiary/aromatic N) is 3. The molecule has 0 aliphatic rings. The van der Waals surface area contributed by atoms with Crippen LogP contribution in [0.3, 0.4) is 0 Å². The van der Waals surface area contributed by atoms with Gasteiger partial charge in [0.1, 0.15) is 0 Å². The minimum atomic E-state index is 1.000. The second kappa shape index (κ2) is 4.90. The van der Waals surface area contributed by atoms with Crippen molar-refractivity contribution in [3.05, 3.63) is 78.5 Å². The summed E-state index contributed by atoms with van der Waals surface area (Å²) in [6.45, 7) is 2.03. The molecule has 3 nitrogen and oxygen atoms in total. The van der Waals surface area contributed by atoms with Gasteiger partial charge in [0.15, 0.2) is 0 Å². The van der Waals surface area contributed by atoms with Gasteiger partial charge < -0.3 is 0 Å². The van der Waals surface area contributed by atoms with Crippen LogP contribution in [0.5, 0.6) is 0 Å². The SMILES string of the molecule is Cc1cc2c3cc4ccccc4nc3cc(-c3ccccc3)n2n1. The van der Waals surface area contributed by atoms with E-state index in [0.717, 1.165) is 44.3 Å². The van der Waals surface area contributed by atoms with Crippen LogP contribution >= 0.6 is 0 Å². The van der Waals surface area contributed by atoms with Gasteiger partial charge in [-0.3, -0.25) is 0 Å². The molecule has 0 spiro atoms. The summed E-state index contributed by atoms with van der Waals surface area (Å²) in [4.78, 5) is 4.88. The van der Waals surface area contributed by atoms with E-state index in [1.165, 1.54) is 0 Å². The molecule has 2 aromatic carbocycles. The van der Waals surface area contributed by atoms with Crippen LogP contribution < -0.4 is 0 Å². The fourth-order valence-corrected chi connectivity index (χ4v) is 3.33. The van der Waals surface area contributed by atoms with Crippen molar-refractivity contribution in [2.24, 2.45) is 0 Å². The van der Waals surface area contributed by atoms with Gasteiger partial charge in [0, 0.05) is 16.3 Å². The van der Waals surface area contributed by atoms with Gasteiger partial charge in [0.25, 0.3) is 0 Å². The van der Waals surface area contributed by atoms with Crippen molar-refractivity contribution in [1.29, 1.82) is 0 Å². The molecule has 5 rings (SSSR count). The molecule has 0 unspecified atom stereocenters. The molecule has 0 aliphatic heterocycles. The van der Waals surface area contributed by atoms with Gasteiger partial charge in [0.05, 0.1) is 27.9 Å². The Balaban J connectivity index is 1.97. The first-order chi connectivity index (χ1) is 11.8. The van der Waals surface area contributed by atoms with Gasteiger partial charge in [-0.25, -0.2) is 9.50 Å². The number of hydrogen-bond acceptors (Lipinski definition) is 2. The lowest BCUT2D eigenvalue weighted by Gasteiger charge is -2.09. The molecule has 0 N–H and O–H groups in total. The van der Waals surface area contributed by atoms with Crippen molar-refractivity contribution < 1.29 is 0 Å². The predicted octanol–water partition coefficient (Wildman–Crippen LogP) is 5.01. The number of para-hydroxylation sites is 1. The average molecular weight is 309 g/mol. The molecule has 0 saturated carbocycles. The molecule has 0 bridgehead atoms. The lowest BCUT2D eigenvalue weighted by Crippen LogP contribution is -1.96. The van der Waals surface area contributed by atoms with Gasteiger partial charge >= 0.3 is 0 Å². The highest BCUT2D eigenvalue weighted by molar-refractivity contribution is 6.02. The highest BCUT2D eigenvalue weighted by Crippen LogP contribution is 2.30. The largest absolute Gasteiger partial charge is 0.248 e. The van der Waals surface area contributed by atoms with Crippen LogP contribution in [-0.4, -0.2) is 14.6 Å². The van der Waals surface area contributed by atoms with Crippen molar-refractivity contribution in [1.82, 2.24) is 14.6 Å². The Morgan fingerprint density at radius 1 is 0.792 bits per heavy atom. The highest BCUT2D eigenvalue weighted by atomic mass is 15.2. The third kappa shape index (κ3) is 1.91. The summed E-state index contributed by atoms with van der Waals surface area (Å²) >= 11 is 0. The summed E-state index contributed by atoms with van der Waals surface area (Å²) in [7, 11) is 0. The van der Waals surface area contributed by atoms with Crippen LogP contribution in [0.1, 0.15) is 5.69 Å². The van der Waals surface area contributed by atoms with Crippen LogP contribution in [0.4, 0.5) is 0 Å². The molecule has 5 aromatic rings. The molecule has 0 aliphatic carbocycles. The van der Waals surface area contributed by atoms with Crippen molar-refractivity contribution in [2.75, 3.05) is 0 Å². The summed E-state index contributed by atoms with van der Waals surface area (Å²) in [5, 5.41) is 6.99. The van der Waals surface area contributed by atoms with Crippen molar-refractivity contribution in [2.45, 2.75) is 6.92 Å². The summed E-state index contributed by atoms with van der Waals surface area (Å²) in [6.07, 6.45) is 0. The molecule has 0 amide bonds. The Labute approximate surface area is 139 Å². The molecule has 24 heavy (non-hydrogen) atoms. The van der Waals surface area contributed by atoms with E-state index in [4.69, 9.17) is 10.1 Å². The van der Waals surface area contributed by atoms with Gasteiger partial charge in [-0.05, 0) is 31.2 Å². The zero-order chi connectivity index (χ0) is 16.1. The van der Waals surface area contributed by atoms with Crippen molar-refractivity contribution in [3.8, 4) is 11.3 Å². The van der Waals surface area contributed by atoms with Gasteiger partial charge in [0.2, 0.25) is 0 Å². The third-order valence-electron chi connectivity index (χ3n) is 4.43. The minimum Gasteiger partial charge on any atom is -0.248 e. The lowest BCUT2D eigenvalue weighted by molar-refractivity contribution is 0.945. The molecular weight excluding hydrogens is 294 g/mol. The molecule has 0 saturated heterocycles. The standard InChI is InChI=1S/C21H15N3/c1-14-11-21-17-12-16-9-5-6-10-18(16)22-19(17)13-20(24(21)23-14)15-7-3-2-4-8-15/h2-13H,1H3. The number of benzene rings is 2. The Kier molecular flexibility index (Phi) is 2.71. The monoisotopic (exact) mass is 309 g/mol. The van der Waals surface area contributed by atoms with Gasteiger partial charge in [-0.1, -0.05) is 48.5 Å². The van der Waals surface area contributed by atoms with E-state index < -0.39 is 0 Å². The normalized spacial score (nSPS) is 11.5. The molecule has 114 valence electrons. The summed E-state index contributed by atoms with van der Waals surface area (Å²) in [6, 6.07) is 25.1. The van der Waals surface area contributed by atoms with Crippen LogP contribution in [0.25, 0.3) is 38.6 Å². The van der Waals surface area contributed by atoms with Crippen LogP contribution in [0, 0.1) is 6.92 Å². The molecule has 0 fully saturated rings. The van der Waals surface area contributed by atoms with Gasteiger partial charge in [-0.2, -0.15) is 5.10 Å². The van der Waals surface area contributed by atoms with Crippen LogP contribution in [0.2, 0.25) is 0 Å². The Hall–Kier alpha value is -3.20. The third-order valence-corrected chi connectivity index (χ3v) is 4.43. The van der Waals surface area contributed by atoms with Crippen LogP contribution in [0.15, 0.2) is 72.8 Å². The van der Waals surface area contributed by atoms with E-state index in [2.05, 4.69) is 54.6 Å². The van der Waals surface area contributed by atoms with E-state index >= 15 is 0 Å². The average Bonchev–Trinajstić information content (AvgIpc) is 3.02. The smallest absolute Gasteiger partial charge is 0.0765 e. The summed E-state index contributed by atoms with van der Waals surface area (Å²) in [5.41, 5.74) is 6.33.